The van der Waals surface area contributed by atoms with Crippen LogP contribution in [0.3, 0.4) is 0 Å². The first-order chi connectivity index (χ1) is 21.7. The lowest BCUT2D eigenvalue weighted by atomic mass is 9.65. The van der Waals surface area contributed by atoms with Gasteiger partial charge in [0, 0.05) is 41.5 Å². The van der Waals surface area contributed by atoms with Crippen molar-refractivity contribution in [1.82, 2.24) is 5.32 Å². The van der Waals surface area contributed by atoms with Gasteiger partial charge in [0.25, 0.3) is 0 Å². The van der Waals surface area contributed by atoms with E-state index < -0.39 is 11.0 Å². The van der Waals surface area contributed by atoms with Gasteiger partial charge < -0.3 is 24.3 Å². The number of benzene rings is 2. The summed E-state index contributed by atoms with van der Waals surface area (Å²) in [4.78, 5) is 5.83. The SMILES string of the molecule is C[C@H]1O[C@@H]([C@@]2(C)CC(/C=C3/CC(C)(COC(C)(C)C)C(=S)N3)=NC2(C)C#N)[C@H](OCc2ccccc2)C[C@H]1OCc1ccccc1. The number of nitrogens with one attached hydrogen (secondary N) is 1. The lowest BCUT2D eigenvalue weighted by Crippen LogP contribution is -2.59. The van der Waals surface area contributed by atoms with Gasteiger partial charge in [0.1, 0.15) is 0 Å². The monoisotopic (exact) mass is 643 g/mol. The molecule has 3 aliphatic rings. The van der Waals surface area contributed by atoms with Crippen molar-refractivity contribution in [3.05, 3.63) is 83.6 Å². The molecule has 246 valence electrons. The number of nitrogens with zero attached hydrogens (tertiary/aromatic N) is 2. The summed E-state index contributed by atoms with van der Waals surface area (Å²) in [5.74, 6) is 0. The van der Waals surface area contributed by atoms with E-state index in [2.05, 4.69) is 83.3 Å². The molecular formula is C38H49N3O4S. The number of hydrogen-bond acceptors (Lipinski definition) is 7. The first-order valence-electron chi connectivity index (χ1n) is 16.4. The van der Waals surface area contributed by atoms with Gasteiger partial charge in [0.2, 0.25) is 0 Å². The van der Waals surface area contributed by atoms with Crippen molar-refractivity contribution in [2.75, 3.05) is 6.61 Å². The highest BCUT2D eigenvalue weighted by Gasteiger charge is 2.59. The molecule has 0 bridgehead atoms. The van der Waals surface area contributed by atoms with Crippen molar-refractivity contribution in [3.63, 3.8) is 0 Å². The molecule has 0 saturated carbocycles. The Bertz CT molecular complexity index is 1480. The van der Waals surface area contributed by atoms with Crippen LogP contribution in [0.1, 0.15) is 78.9 Å². The van der Waals surface area contributed by atoms with E-state index in [1.54, 1.807) is 0 Å². The molecule has 2 saturated heterocycles. The van der Waals surface area contributed by atoms with Gasteiger partial charge in [-0.3, -0.25) is 4.99 Å². The number of allylic oxidation sites excluding steroid dienone is 2. The molecule has 7 nitrogen and oxygen atoms in total. The van der Waals surface area contributed by atoms with Crippen LogP contribution in [0, 0.1) is 22.2 Å². The van der Waals surface area contributed by atoms with Crippen molar-refractivity contribution in [3.8, 4) is 6.07 Å². The minimum Gasteiger partial charge on any atom is -0.375 e. The van der Waals surface area contributed by atoms with Crippen LogP contribution in [-0.4, -0.2) is 52.9 Å². The first kappa shape index (κ1) is 34.4. The Hall–Kier alpha value is -2.93. The molecule has 1 N–H and O–H groups in total. The van der Waals surface area contributed by atoms with Crippen LogP contribution in [0.15, 0.2) is 77.4 Å². The first-order valence-corrected chi connectivity index (χ1v) is 16.8. The van der Waals surface area contributed by atoms with E-state index in [0.717, 1.165) is 33.9 Å². The Morgan fingerprint density at radius 3 is 2.13 bits per heavy atom. The van der Waals surface area contributed by atoms with Gasteiger partial charge in [-0.25, -0.2) is 0 Å². The van der Waals surface area contributed by atoms with Crippen LogP contribution in [0.25, 0.3) is 0 Å². The Morgan fingerprint density at radius 1 is 0.978 bits per heavy atom. The number of nitriles is 1. The molecule has 3 heterocycles. The average Bonchev–Trinajstić information content (AvgIpc) is 3.45. The van der Waals surface area contributed by atoms with Gasteiger partial charge in [-0.2, -0.15) is 5.26 Å². The standard InChI is InChI=1S/C38H49N3O4S/c1-26-31(42-22-27-14-10-8-11-15-27)19-32(43-23-28-16-12-9-13-17-28)33(45-26)37(6)21-30(41-38(37,7)24-39)18-29-20-36(5,34(46)40-29)25-44-35(2,3)4/h8-18,26,31-33H,19-23,25H2,1-7H3,(H,40,46)/b29-18-/t26-,31-,32-,33-,36?,37-,38?/m1/s1. The van der Waals surface area contributed by atoms with Crippen LogP contribution in [-0.2, 0) is 32.2 Å². The fraction of sp³-hybridized carbons (Fsp3) is 0.553. The second-order valence-electron chi connectivity index (χ2n) is 14.8. The van der Waals surface area contributed by atoms with Crippen LogP contribution < -0.4 is 5.32 Å². The predicted octanol–water partition coefficient (Wildman–Crippen LogP) is 7.49. The molecule has 2 aromatic carbocycles. The second-order valence-corrected chi connectivity index (χ2v) is 15.2. The van der Waals surface area contributed by atoms with E-state index in [-0.39, 0.29) is 35.4 Å². The Balaban J connectivity index is 1.37. The van der Waals surface area contributed by atoms with Gasteiger partial charge in [-0.1, -0.05) is 86.7 Å². The van der Waals surface area contributed by atoms with Crippen molar-refractivity contribution >= 4 is 22.9 Å². The molecule has 2 aromatic rings. The minimum atomic E-state index is -1.02. The largest absolute Gasteiger partial charge is 0.375 e. The molecule has 0 amide bonds. The highest BCUT2D eigenvalue weighted by Crippen LogP contribution is 2.51. The van der Waals surface area contributed by atoms with Crippen LogP contribution in [0.5, 0.6) is 0 Å². The maximum atomic E-state index is 10.6. The highest BCUT2D eigenvalue weighted by molar-refractivity contribution is 7.80. The molecule has 3 aliphatic heterocycles. The van der Waals surface area contributed by atoms with E-state index in [9.17, 15) is 5.26 Å². The van der Waals surface area contributed by atoms with E-state index >= 15 is 0 Å². The van der Waals surface area contributed by atoms with E-state index in [0.29, 0.717) is 32.7 Å². The summed E-state index contributed by atoms with van der Waals surface area (Å²) >= 11 is 5.76. The molecule has 2 fully saturated rings. The molecule has 7 atom stereocenters. The zero-order valence-electron chi connectivity index (χ0n) is 28.3. The van der Waals surface area contributed by atoms with Crippen molar-refractivity contribution in [2.24, 2.45) is 15.8 Å². The molecule has 0 radical (unpaired) electrons. The number of ether oxygens (including phenoxy) is 4. The summed E-state index contributed by atoms with van der Waals surface area (Å²) in [7, 11) is 0. The molecule has 8 heteroatoms. The Morgan fingerprint density at radius 2 is 1.57 bits per heavy atom. The van der Waals surface area contributed by atoms with Gasteiger partial charge in [0.15, 0.2) is 5.54 Å². The number of hydrogen-bond donors (Lipinski definition) is 1. The van der Waals surface area contributed by atoms with E-state index in [1.165, 1.54) is 0 Å². The Labute approximate surface area is 280 Å². The fourth-order valence-corrected chi connectivity index (χ4v) is 6.93. The molecule has 0 aliphatic carbocycles. The van der Waals surface area contributed by atoms with Crippen molar-refractivity contribution < 1.29 is 18.9 Å². The summed E-state index contributed by atoms with van der Waals surface area (Å²) in [6.45, 7) is 15.9. The maximum Gasteiger partial charge on any atom is 0.152 e. The minimum absolute atomic E-state index is 0.158. The van der Waals surface area contributed by atoms with Crippen molar-refractivity contribution in [1.29, 1.82) is 5.26 Å². The van der Waals surface area contributed by atoms with E-state index in [1.807, 2.05) is 43.3 Å². The zero-order chi connectivity index (χ0) is 33.2. The molecule has 0 spiro atoms. The van der Waals surface area contributed by atoms with Gasteiger partial charge >= 0.3 is 0 Å². The summed E-state index contributed by atoms with van der Waals surface area (Å²) in [6, 6.07) is 22.9. The third-order valence-electron chi connectivity index (χ3n) is 9.74. The summed E-state index contributed by atoms with van der Waals surface area (Å²) in [5, 5.41) is 14.0. The fourth-order valence-electron chi connectivity index (χ4n) is 6.66. The van der Waals surface area contributed by atoms with Gasteiger partial charge in [0.05, 0.1) is 60.9 Å². The molecule has 2 unspecified atom stereocenters. The quantitative estimate of drug-likeness (QED) is 0.269. The number of rotatable bonds is 10. The van der Waals surface area contributed by atoms with Gasteiger partial charge in [-0.05, 0) is 51.8 Å². The summed E-state index contributed by atoms with van der Waals surface area (Å²) in [5.41, 5.74) is 1.84. The van der Waals surface area contributed by atoms with Crippen LogP contribution in [0.2, 0.25) is 0 Å². The third-order valence-corrected chi connectivity index (χ3v) is 10.3. The topological polar surface area (TPSA) is 85.1 Å². The smallest absolute Gasteiger partial charge is 0.152 e. The summed E-state index contributed by atoms with van der Waals surface area (Å²) in [6.07, 6.45) is 3.00. The molecule has 46 heavy (non-hydrogen) atoms. The number of thiocarbonyl (C=S) groups is 1. The zero-order valence-corrected chi connectivity index (χ0v) is 29.2. The Kier molecular flexibility index (Phi) is 10.2. The third kappa shape index (κ3) is 7.61. The molecule has 5 rings (SSSR count). The van der Waals surface area contributed by atoms with Crippen molar-refractivity contribution in [2.45, 2.75) is 116 Å². The maximum absolute atomic E-state index is 10.6. The lowest BCUT2D eigenvalue weighted by Gasteiger charge is -2.49. The van der Waals surface area contributed by atoms with Gasteiger partial charge in [-0.15, -0.1) is 0 Å². The summed E-state index contributed by atoms with van der Waals surface area (Å²) < 4.78 is 26.1. The van der Waals surface area contributed by atoms with Crippen LogP contribution >= 0.6 is 12.2 Å². The second kappa shape index (κ2) is 13.7. The predicted molar refractivity (Wildman–Crippen MR) is 185 cm³/mol. The molecular weight excluding hydrogens is 595 g/mol. The van der Waals surface area contributed by atoms with E-state index in [4.69, 9.17) is 36.2 Å². The number of aliphatic imine (C=N–C) groups is 1. The molecule has 0 aromatic heterocycles. The van der Waals surface area contributed by atoms with Crippen LogP contribution in [0.4, 0.5) is 0 Å². The average molecular weight is 644 g/mol. The highest BCUT2D eigenvalue weighted by atomic mass is 32.1. The normalized spacial score (nSPS) is 33.9. The lowest BCUT2D eigenvalue weighted by molar-refractivity contribution is -0.230.